The molecular weight excluding hydrogens is 517 g/mol. The van der Waals surface area contributed by atoms with Gasteiger partial charge in [-0.05, 0) is 37.0 Å². The number of likely N-dealkylation sites (tertiary alicyclic amines) is 1. The molecule has 1 saturated heterocycles. The van der Waals surface area contributed by atoms with E-state index >= 15 is 0 Å². The highest BCUT2D eigenvalue weighted by molar-refractivity contribution is 14.0. The van der Waals surface area contributed by atoms with E-state index in [1.54, 1.807) is 0 Å². The van der Waals surface area contributed by atoms with E-state index in [2.05, 4.69) is 33.6 Å². The molecule has 1 fully saturated rings. The van der Waals surface area contributed by atoms with Crippen LogP contribution in [0, 0.1) is 5.92 Å². The van der Waals surface area contributed by atoms with Crippen molar-refractivity contribution >= 4 is 41.5 Å². The van der Waals surface area contributed by atoms with Gasteiger partial charge in [0.1, 0.15) is 13.2 Å². The van der Waals surface area contributed by atoms with Crippen LogP contribution in [0.25, 0.3) is 0 Å². The van der Waals surface area contributed by atoms with Crippen LogP contribution in [0.5, 0.6) is 11.5 Å². The lowest BCUT2D eigenvalue weighted by Gasteiger charge is -2.39. The van der Waals surface area contributed by atoms with Crippen molar-refractivity contribution in [2.24, 2.45) is 10.9 Å². The average Bonchev–Trinajstić information content (AvgIpc) is 3.26. The van der Waals surface area contributed by atoms with Gasteiger partial charge in [-0.2, -0.15) is 0 Å². The van der Waals surface area contributed by atoms with Crippen LogP contribution in [0.4, 0.5) is 0 Å². The van der Waals surface area contributed by atoms with Crippen molar-refractivity contribution in [3.63, 3.8) is 0 Å². The predicted octanol–water partition coefficient (Wildman–Crippen LogP) is 3.97. The number of guanidine groups is 1. The smallest absolute Gasteiger partial charge is 0.194 e. The second-order valence-electron chi connectivity index (χ2n) is 7.56. The second kappa shape index (κ2) is 10.6. The van der Waals surface area contributed by atoms with Crippen molar-refractivity contribution < 1.29 is 9.47 Å². The minimum absolute atomic E-state index is 0. The SMILES string of the molecule is CCNC(=NCc1cc(Cl)c2c(c1)OCCO2)N1CCC(C)C(n2ccnc2)C1.I. The first-order chi connectivity index (χ1) is 14.2. The third-order valence-electron chi connectivity index (χ3n) is 5.53. The number of nitrogens with one attached hydrogen (secondary N) is 1. The van der Waals surface area contributed by atoms with E-state index in [0.717, 1.165) is 37.6 Å². The second-order valence-corrected chi connectivity index (χ2v) is 7.97. The molecule has 0 spiro atoms. The summed E-state index contributed by atoms with van der Waals surface area (Å²) in [6.07, 6.45) is 6.91. The van der Waals surface area contributed by atoms with Gasteiger partial charge in [0, 0.05) is 32.0 Å². The van der Waals surface area contributed by atoms with E-state index in [9.17, 15) is 0 Å². The minimum Gasteiger partial charge on any atom is -0.486 e. The van der Waals surface area contributed by atoms with Crippen LogP contribution >= 0.6 is 35.6 Å². The van der Waals surface area contributed by atoms with Gasteiger partial charge in [0.05, 0.1) is 23.9 Å². The highest BCUT2D eigenvalue weighted by Gasteiger charge is 2.29. The molecule has 0 aliphatic carbocycles. The van der Waals surface area contributed by atoms with Gasteiger partial charge < -0.3 is 24.3 Å². The number of piperidine rings is 1. The number of hydrogen-bond donors (Lipinski definition) is 1. The molecule has 0 amide bonds. The maximum absolute atomic E-state index is 6.38. The Labute approximate surface area is 199 Å². The van der Waals surface area contributed by atoms with E-state index in [-0.39, 0.29) is 24.0 Å². The van der Waals surface area contributed by atoms with Crippen LogP contribution in [0.2, 0.25) is 5.02 Å². The summed E-state index contributed by atoms with van der Waals surface area (Å²) in [6.45, 7) is 8.72. The van der Waals surface area contributed by atoms with Crippen LogP contribution < -0.4 is 14.8 Å². The molecule has 0 radical (unpaired) electrons. The maximum Gasteiger partial charge on any atom is 0.194 e. The van der Waals surface area contributed by atoms with Crippen molar-refractivity contribution in [3.8, 4) is 11.5 Å². The first-order valence-corrected chi connectivity index (χ1v) is 10.6. The lowest BCUT2D eigenvalue weighted by molar-refractivity contribution is 0.171. The summed E-state index contributed by atoms with van der Waals surface area (Å²) in [5.41, 5.74) is 1.01. The third kappa shape index (κ3) is 5.14. The molecule has 2 atom stereocenters. The molecule has 1 aromatic heterocycles. The molecule has 164 valence electrons. The minimum atomic E-state index is 0. The lowest BCUT2D eigenvalue weighted by atomic mass is 9.93. The van der Waals surface area contributed by atoms with E-state index in [0.29, 0.717) is 48.2 Å². The molecule has 0 saturated carbocycles. The average molecular weight is 546 g/mol. The number of benzene rings is 1. The van der Waals surface area contributed by atoms with E-state index in [4.69, 9.17) is 26.1 Å². The van der Waals surface area contributed by atoms with Gasteiger partial charge in [0.2, 0.25) is 0 Å². The third-order valence-corrected chi connectivity index (χ3v) is 5.81. The van der Waals surface area contributed by atoms with Gasteiger partial charge in [-0.15, -0.1) is 24.0 Å². The van der Waals surface area contributed by atoms with Crippen LogP contribution in [-0.2, 0) is 6.54 Å². The van der Waals surface area contributed by atoms with Crippen molar-refractivity contribution in [1.29, 1.82) is 0 Å². The summed E-state index contributed by atoms with van der Waals surface area (Å²) in [6, 6.07) is 4.27. The Bertz CT molecular complexity index is 861. The largest absolute Gasteiger partial charge is 0.486 e. The van der Waals surface area contributed by atoms with Gasteiger partial charge in [-0.1, -0.05) is 18.5 Å². The monoisotopic (exact) mass is 545 g/mol. The molecule has 9 heteroatoms. The Balaban J connectivity index is 0.00000256. The summed E-state index contributed by atoms with van der Waals surface area (Å²) in [5, 5.41) is 4.02. The first kappa shape index (κ1) is 23.0. The van der Waals surface area contributed by atoms with Gasteiger partial charge >= 0.3 is 0 Å². The normalized spacial score (nSPS) is 21.2. The number of ether oxygens (including phenoxy) is 2. The van der Waals surface area contributed by atoms with Crippen LogP contribution in [-0.4, -0.2) is 53.3 Å². The first-order valence-electron chi connectivity index (χ1n) is 10.2. The Kier molecular flexibility index (Phi) is 8.10. The highest BCUT2D eigenvalue weighted by Crippen LogP contribution is 2.38. The number of aliphatic imine (C=N–C) groups is 1. The quantitative estimate of drug-likeness (QED) is 0.358. The predicted molar refractivity (Wildman–Crippen MR) is 129 cm³/mol. The zero-order valence-corrected chi connectivity index (χ0v) is 20.5. The number of rotatable bonds is 4. The molecule has 0 bridgehead atoms. The molecule has 7 nitrogen and oxygen atoms in total. The number of imidazole rings is 1. The van der Waals surface area contributed by atoms with Crippen molar-refractivity contribution in [2.75, 3.05) is 32.8 Å². The Morgan fingerprint density at radius 1 is 1.33 bits per heavy atom. The van der Waals surface area contributed by atoms with Gasteiger partial charge in [0.15, 0.2) is 17.5 Å². The Hall–Kier alpha value is -1.68. The zero-order chi connectivity index (χ0) is 20.2. The fourth-order valence-corrected chi connectivity index (χ4v) is 4.23. The topological polar surface area (TPSA) is 63.9 Å². The number of hydrogen-bond acceptors (Lipinski definition) is 4. The molecule has 1 aromatic carbocycles. The summed E-state index contributed by atoms with van der Waals surface area (Å²) in [4.78, 5) is 11.5. The molecule has 2 aliphatic heterocycles. The molecule has 2 aliphatic rings. The van der Waals surface area contributed by atoms with Crippen molar-refractivity contribution in [3.05, 3.63) is 41.4 Å². The number of fused-ring (bicyclic) bond motifs is 1. The summed E-state index contributed by atoms with van der Waals surface area (Å²) in [7, 11) is 0. The zero-order valence-electron chi connectivity index (χ0n) is 17.4. The van der Waals surface area contributed by atoms with Gasteiger partial charge in [-0.3, -0.25) is 0 Å². The molecule has 3 heterocycles. The molecule has 2 unspecified atom stereocenters. The Morgan fingerprint density at radius 3 is 2.93 bits per heavy atom. The summed E-state index contributed by atoms with van der Waals surface area (Å²) in [5.74, 6) is 2.85. The van der Waals surface area contributed by atoms with Gasteiger partial charge in [-0.25, -0.2) is 9.98 Å². The lowest BCUT2D eigenvalue weighted by Crippen LogP contribution is -2.49. The molecule has 2 aromatic rings. The fraction of sp³-hybridized carbons (Fsp3) is 0.524. The number of aromatic nitrogens is 2. The van der Waals surface area contributed by atoms with Gasteiger partial charge in [0.25, 0.3) is 0 Å². The van der Waals surface area contributed by atoms with E-state index < -0.39 is 0 Å². The fourth-order valence-electron chi connectivity index (χ4n) is 3.94. The molecule has 1 N–H and O–H groups in total. The maximum atomic E-state index is 6.38. The summed E-state index contributed by atoms with van der Waals surface area (Å²) >= 11 is 6.38. The van der Waals surface area contributed by atoms with Crippen LogP contribution in [0.1, 0.15) is 31.9 Å². The molecule has 30 heavy (non-hydrogen) atoms. The van der Waals surface area contributed by atoms with Crippen molar-refractivity contribution in [1.82, 2.24) is 19.8 Å². The van der Waals surface area contributed by atoms with Crippen molar-refractivity contribution in [2.45, 2.75) is 32.9 Å². The Morgan fingerprint density at radius 2 is 2.17 bits per heavy atom. The van der Waals surface area contributed by atoms with Crippen LogP contribution in [0.15, 0.2) is 35.8 Å². The number of halogens is 2. The number of nitrogens with zero attached hydrogens (tertiary/aromatic N) is 4. The van der Waals surface area contributed by atoms with E-state index in [1.165, 1.54) is 0 Å². The molecular formula is C21H29ClIN5O2. The van der Waals surface area contributed by atoms with E-state index in [1.807, 2.05) is 30.9 Å². The van der Waals surface area contributed by atoms with Crippen LogP contribution in [0.3, 0.4) is 0 Å². The molecule has 4 rings (SSSR count). The standard InChI is InChI=1S/C21H28ClN5O2.HI/c1-3-24-21(26-6-4-15(2)18(13-26)27-7-5-23-14-27)25-12-16-10-17(22)20-19(11-16)28-8-9-29-20;/h5,7,10-11,14-15,18H,3-4,6,8-9,12-13H2,1-2H3,(H,24,25);1H. The highest BCUT2D eigenvalue weighted by atomic mass is 127. The summed E-state index contributed by atoms with van der Waals surface area (Å²) < 4.78 is 13.5.